The molecule has 4 nitrogen and oxygen atoms in total. The smallest absolute Gasteiger partial charge is 0.223 e. The zero-order valence-electron chi connectivity index (χ0n) is 6.27. The van der Waals surface area contributed by atoms with Gasteiger partial charge in [-0.05, 0) is 5.56 Å². The highest BCUT2D eigenvalue weighted by Crippen LogP contribution is 1.98. The van der Waals surface area contributed by atoms with Gasteiger partial charge in [0, 0.05) is 0 Å². The minimum Gasteiger partial charge on any atom is -0.283 e. The summed E-state index contributed by atoms with van der Waals surface area (Å²) in [5.41, 5.74) is 0.918. The molecule has 12 heavy (non-hydrogen) atoms. The predicted molar refractivity (Wildman–Crippen MR) is 44.7 cm³/mol. The van der Waals surface area contributed by atoms with Gasteiger partial charge in [0.2, 0.25) is 10.9 Å². The SMILES string of the molecule is O=[SH](=O)NOCc1ccccc1. The topological polar surface area (TPSA) is 55.4 Å². The van der Waals surface area contributed by atoms with Crippen molar-refractivity contribution in [2.45, 2.75) is 6.61 Å². The van der Waals surface area contributed by atoms with Crippen LogP contribution in [0.15, 0.2) is 30.3 Å². The molecule has 0 atom stereocenters. The summed E-state index contributed by atoms with van der Waals surface area (Å²) in [4.78, 5) is 6.48. The molecule has 0 saturated carbocycles. The van der Waals surface area contributed by atoms with Crippen molar-refractivity contribution >= 4 is 10.9 Å². The van der Waals surface area contributed by atoms with Crippen LogP contribution in [0.5, 0.6) is 0 Å². The van der Waals surface area contributed by atoms with E-state index in [2.05, 4.69) is 4.84 Å². The molecule has 0 aliphatic heterocycles. The minimum absolute atomic E-state index is 0.240. The first-order valence-electron chi connectivity index (χ1n) is 3.35. The van der Waals surface area contributed by atoms with Gasteiger partial charge in [-0.1, -0.05) is 35.2 Å². The Morgan fingerprint density at radius 1 is 1.25 bits per heavy atom. The molecule has 0 fully saturated rings. The first-order valence-corrected chi connectivity index (χ1v) is 4.52. The molecule has 0 radical (unpaired) electrons. The van der Waals surface area contributed by atoms with E-state index in [0.717, 1.165) is 5.56 Å². The second kappa shape index (κ2) is 4.87. The molecule has 0 aliphatic rings. The second-order valence-electron chi connectivity index (χ2n) is 2.12. The highest BCUT2D eigenvalue weighted by atomic mass is 32.2. The summed E-state index contributed by atoms with van der Waals surface area (Å²) in [6.45, 7) is 0.240. The van der Waals surface area contributed by atoms with Crippen LogP contribution in [0.4, 0.5) is 0 Å². The molecular formula is C7H9NO3S. The number of thiol groups is 1. The largest absolute Gasteiger partial charge is 0.283 e. The molecule has 0 aromatic heterocycles. The van der Waals surface area contributed by atoms with Crippen molar-refractivity contribution in [2.24, 2.45) is 0 Å². The van der Waals surface area contributed by atoms with Gasteiger partial charge in [-0.3, -0.25) is 4.84 Å². The normalized spacial score (nSPS) is 10.4. The number of hydrogen-bond acceptors (Lipinski definition) is 3. The van der Waals surface area contributed by atoms with Crippen molar-refractivity contribution in [3.63, 3.8) is 0 Å². The van der Waals surface area contributed by atoms with Crippen molar-refractivity contribution < 1.29 is 13.3 Å². The quantitative estimate of drug-likeness (QED) is 0.524. The highest BCUT2D eigenvalue weighted by molar-refractivity contribution is 7.70. The zero-order valence-corrected chi connectivity index (χ0v) is 7.16. The molecule has 0 heterocycles. The van der Waals surface area contributed by atoms with Crippen LogP contribution in [0.25, 0.3) is 0 Å². The van der Waals surface area contributed by atoms with Crippen LogP contribution in [-0.2, 0) is 22.3 Å². The molecule has 0 unspecified atom stereocenters. The molecule has 5 heteroatoms. The Balaban J connectivity index is 2.34. The Kier molecular flexibility index (Phi) is 3.72. The lowest BCUT2D eigenvalue weighted by molar-refractivity contribution is 0.0821. The van der Waals surface area contributed by atoms with Crippen molar-refractivity contribution in [3.05, 3.63) is 35.9 Å². The maximum atomic E-state index is 9.99. The second-order valence-corrected chi connectivity index (χ2v) is 2.82. The van der Waals surface area contributed by atoms with Gasteiger partial charge in [-0.15, -0.1) is 0 Å². The third-order valence-corrected chi connectivity index (χ3v) is 1.50. The van der Waals surface area contributed by atoms with E-state index in [9.17, 15) is 8.42 Å². The van der Waals surface area contributed by atoms with Gasteiger partial charge in [-0.25, -0.2) is 8.42 Å². The van der Waals surface area contributed by atoms with Crippen molar-refractivity contribution in [1.29, 1.82) is 0 Å². The fourth-order valence-corrected chi connectivity index (χ4v) is 0.913. The number of rotatable bonds is 4. The van der Waals surface area contributed by atoms with Crippen LogP contribution >= 0.6 is 0 Å². The van der Waals surface area contributed by atoms with Gasteiger partial charge in [0.25, 0.3) is 0 Å². The summed E-state index contributed by atoms with van der Waals surface area (Å²) >= 11 is 0. The maximum absolute atomic E-state index is 9.99. The average Bonchev–Trinajstić information content (AvgIpc) is 2.05. The van der Waals surface area contributed by atoms with Gasteiger partial charge in [-0.2, -0.15) is 0 Å². The van der Waals surface area contributed by atoms with E-state index >= 15 is 0 Å². The third-order valence-electron chi connectivity index (χ3n) is 1.22. The summed E-state index contributed by atoms with van der Waals surface area (Å²) in [7, 11) is -2.67. The summed E-state index contributed by atoms with van der Waals surface area (Å²) in [6, 6.07) is 9.29. The monoisotopic (exact) mass is 187 g/mol. The summed E-state index contributed by atoms with van der Waals surface area (Å²) < 4.78 is 20.0. The molecule has 1 rings (SSSR count). The predicted octanol–water partition coefficient (Wildman–Crippen LogP) is 0.234. The Morgan fingerprint density at radius 2 is 1.92 bits per heavy atom. The van der Waals surface area contributed by atoms with Gasteiger partial charge in [0.1, 0.15) is 0 Å². The molecule has 0 bridgehead atoms. The Hall–Kier alpha value is -0.910. The van der Waals surface area contributed by atoms with E-state index < -0.39 is 10.9 Å². The molecular weight excluding hydrogens is 178 g/mol. The van der Waals surface area contributed by atoms with Gasteiger partial charge in [0.15, 0.2) is 0 Å². The van der Waals surface area contributed by atoms with E-state index in [4.69, 9.17) is 0 Å². The van der Waals surface area contributed by atoms with Crippen molar-refractivity contribution in [3.8, 4) is 0 Å². The van der Waals surface area contributed by atoms with E-state index in [1.54, 1.807) is 0 Å². The van der Waals surface area contributed by atoms with E-state index in [1.165, 1.54) is 0 Å². The van der Waals surface area contributed by atoms with Crippen molar-refractivity contribution in [2.75, 3.05) is 0 Å². The molecule has 1 N–H and O–H groups in total. The van der Waals surface area contributed by atoms with Gasteiger partial charge in [0.05, 0.1) is 6.61 Å². The molecule has 1 aromatic carbocycles. The Labute approximate surface area is 72.2 Å². The lowest BCUT2D eigenvalue weighted by Crippen LogP contribution is -2.11. The Morgan fingerprint density at radius 3 is 2.50 bits per heavy atom. The summed E-state index contributed by atoms with van der Waals surface area (Å²) in [5, 5.41) is 0. The fourth-order valence-electron chi connectivity index (χ4n) is 0.743. The Bertz CT molecular complexity index is 289. The zero-order chi connectivity index (χ0) is 8.81. The van der Waals surface area contributed by atoms with Gasteiger partial charge >= 0.3 is 0 Å². The first-order chi connectivity index (χ1) is 5.79. The van der Waals surface area contributed by atoms with E-state index in [1.807, 2.05) is 35.2 Å². The number of benzene rings is 1. The van der Waals surface area contributed by atoms with Crippen LogP contribution in [0.2, 0.25) is 0 Å². The van der Waals surface area contributed by atoms with Crippen LogP contribution < -0.4 is 4.89 Å². The standard InChI is InChI=1S/C7H9NO3S/c9-12(10)8-11-6-7-4-2-1-3-5-7/h1-5,12H,6H2,(H,8,9,10). The molecule has 66 valence electrons. The lowest BCUT2D eigenvalue weighted by Gasteiger charge is -1.98. The van der Waals surface area contributed by atoms with E-state index in [-0.39, 0.29) is 6.61 Å². The number of hydrogen-bond donors (Lipinski definition) is 2. The molecule has 0 amide bonds. The first kappa shape index (κ1) is 9.18. The molecule has 1 aromatic rings. The minimum atomic E-state index is -2.67. The lowest BCUT2D eigenvalue weighted by atomic mass is 10.2. The highest BCUT2D eigenvalue weighted by Gasteiger charge is 1.90. The maximum Gasteiger partial charge on any atom is 0.223 e. The molecule has 0 saturated heterocycles. The average molecular weight is 187 g/mol. The molecule has 0 spiro atoms. The summed E-state index contributed by atoms with van der Waals surface area (Å²) in [5.74, 6) is 0. The van der Waals surface area contributed by atoms with Crippen LogP contribution in [-0.4, -0.2) is 8.42 Å². The van der Waals surface area contributed by atoms with Crippen LogP contribution in [0, 0.1) is 0 Å². The summed E-state index contributed by atoms with van der Waals surface area (Å²) in [6.07, 6.45) is 0. The van der Waals surface area contributed by atoms with Crippen LogP contribution in [0.1, 0.15) is 5.56 Å². The van der Waals surface area contributed by atoms with Crippen LogP contribution in [0.3, 0.4) is 0 Å². The molecule has 0 aliphatic carbocycles. The van der Waals surface area contributed by atoms with E-state index in [0.29, 0.717) is 0 Å². The van der Waals surface area contributed by atoms with Crippen molar-refractivity contribution in [1.82, 2.24) is 4.89 Å². The number of nitrogens with one attached hydrogen (secondary N) is 1. The third kappa shape index (κ3) is 3.47. The fraction of sp³-hybridized carbons (Fsp3) is 0.143. The van der Waals surface area contributed by atoms with Gasteiger partial charge < -0.3 is 0 Å².